The predicted molar refractivity (Wildman–Crippen MR) is 127 cm³/mol. The summed E-state index contributed by atoms with van der Waals surface area (Å²) in [6.07, 6.45) is 2.96. The van der Waals surface area contributed by atoms with Crippen molar-refractivity contribution in [1.82, 2.24) is 14.3 Å². The molecule has 4 heterocycles. The molecule has 5 nitrogen and oxygen atoms in total. The third-order valence-electron chi connectivity index (χ3n) is 6.26. The van der Waals surface area contributed by atoms with Crippen LogP contribution in [-0.4, -0.2) is 33.3 Å². The van der Waals surface area contributed by atoms with Gasteiger partial charge in [-0.3, -0.25) is 9.20 Å². The Hall–Kier alpha value is -3.52. The number of hydrogen-bond acceptors (Lipinski definition) is 3. The van der Waals surface area contributed by atoms with Crippen molar-refractivity contribution in [2.24, 2.45) is 0 Å². The fraction of sp³-hybridized carbons (Fsp3) is 0.231. The maximum atomic E-state index is 13.9. The van der Waals surface area contributed by atoms with Crippen LogP contribution in [0.5, 0.6) is 0 Å². The summed E-state index contributed by atoms with van der Waals surface area (Å²) < 4.78 is 47.8. The maximum Gasteiger partial charge on any atom is 0.420 e. The Labute approximate surface area is 204 Å². The Morgan fingerprint density at radius 2 is 2.00 bits per heavy atom. The van der Waals surface area contributed by atoms with E-state index < -0.39 is 23.3 Å². The number of furan rings is 1. The summed E-state index contributed by atoms with van der Waals surface area (Å²) in [7, 11) is 0. The van der Waals surface area contributed by atoms with Gasteiger partial charge in [-0.05, 0) is 41.7 Å². The van der Waals surface area contributed by atoms with Crippen molar-refractivity contribution in [2.75, 3.05) is 13.1 Å². The van der Waals surface area contributed by atoms with Gasteiger partial charge in [0.2, 0.25) is 0 Å². The molecule has 1 aliphatic heterocycles. The largest absolute Gasteiger partial charge is 0.472 e. The molecule has 4 aromatic rings. The number of carbonyl (C=O) groups excluding carboxylic acids is 1. The van der Waals surface area contributed by atoms with E-state index in [1.165, 1.54) is 24.3 Å². The van der Waals surface area contributed by atoms with Gasteiger partial charge >= 0.3 is 6.18 Å². The zero-order valence-corrected chi connectivity index (χ0v) is 19.5. The Bertz CT molecular complexity index is 1440. The third kappa shape index (κ3) is 4.23. The van der Waals surface area contributed by atoms with E-state index in [2.05, 4.69) is 24.0 Å². The summed E-state index contributed by atoms with van der Waals surface area (Å²) in [5.41, 5.74) is 2.65. The number of imidazole rings is 1. The first-order chi connectivity index (χ1) is 16.8. The van der Waals surface area contributed by atoms with Gasteiger partial charge in [0.1, 0.15) is 5.15 Å². The lowest BCUT2D eigenvalue weighted by Gasteiger charge is -2.27. The number of hydrogen-bond donors (Lipinski definition) is 0. The number of alkyl halides is 3. The SMILES string of the molecule is CCc1ccccc1C1=CCN(C(=O)c2nc3c(C(F)(F)F)cc(-c4ccoc4)cn3c2Cl)CC1. The van der Waals surface area contributed by atoms with Crippen molar-refractivity contribution in [2.45, 2.75) is 25.9 Å². The van der Waals surface area contributed by atoms with Crippen LogP contribution in [0.4, 0.5) is 13.2 Å². The van der Waals surface area contributed by atoms with Crippen LogP contribution in [0.1, 0.15) is 40.5 Å². The van der Waals surface area contributed by atoms with E-state index in [-0.39, 0.29) is 16.4 Å². The molecule has 0 atom stereocenters. The van der Waals surface area contributed by atoms with Crippen molar-refractivity contribution in [1.29, 1.82) is 0 Å². The molecule has 1 amide bonds. The van der Waals surface area contributed by atoms with Crippen LogP contribution in [0.2, 0.25) is 5.15 Å². The molecular weight excluding hydrogens is 479 g/mol. The average Bonchev–Trinajstić information content (AvgIpc) is 3.51. The van der Waals surface area contributed by atoms with E-state index in [0.717, 1.165) is 28.0 Å². The second kappa shape index (κ2) is 8.92. The summed E-state index contributed by atoms with van der Waals surface area (Å²) in [6.45, 7) is 2.83. The molecule has 0 N–H and O–H groups in total. The van der Waals surface area contributed by atoms with Gasteiger partial charge in [0, 0.05) is 30.4 Å². The van der Waals surface area contributed by atoms with E-state index in [0.29, 0.717) is 25.1 Å². The Morgan fingerprint density at radius 3 is 2.66 bits per heavy atom. The highest BCUT2D eigenvalue weighted by Gasteiger charge is 2.36. The molecule has 0 radical (unpaired) electrons. The minimum Gasteiger partial charge on any atom is -0.472 e. The van der Waals surface area contributed by atoms with Gasteiger partial charge in [0.25, 0.3) is 5.91 Å². The monoisotopic (exact) mass is 499 g/mol. The van der Waals surface area contributed by atoms with Gasteiger partial charge < -0.3 is 9.32 Å². The number of benzene rings is 1. The van der Waals surface area contributed by atoms with Gasteiger partial charge in [-0.25, -0.2) is 4.98 Å². The molecule has 0 unspecified atom stereocenters. The van der Waals surface area contributed by atoms with Crippen LogP contribution in [0.25, 0.3) is 22.3 Å². The highest BCUT2D eigenvalue weighted by Crippen LogP contribution is 2.37. The van der Waals surface area contributed by atoms with Gasteiger partial charge in [-0.1, -0.05) is 48.9 Å². The number of carbonyl (C=O) groups is 1. The Morgan fingerprint density at radius 1 is 1.20 bits per heavy atom. The van der Waals surface area contributed by atoms with Crippen LogP contribution in [0.3, 0.4) is 0 Å². The van der Waals surface area contributed by atoms with Crippen molar-refractivity contribution >= 4 is 28.7 Å². The first kappa shape index (κ1) is 23.2. The van der Waals surface area contributed by atoms with E-state index in [9.17, 15) is 18.0 Å². The number of amides is 1. The van der Waals surface area contributed by atoms with Gasteiger partial charge in [-0.15, -0.1) is 0 Å². The highest BCUT2D eigenvalue weighted by atomic mass is 35.5. The molecule has 180 valence electrons. The van der Waals surface area contributed by atoms with Crippen LogP contribution in [0, 0.1) is 0 Å². The number of fused-ring (bicyclic) bond motifs is 1. The van der Waals surface area contributed by atoms with Crippen LogP contribution in [-0.2, 0) is 12.6 Å². The first-order valence-electron chi connectivity index (χ1n) is 11.2. The second-order valence-corrected chi connectivity index (χ2v) is 8.70. The molecule has 0 saturated carbocycles. The van der Waals surface area contributed by atoms with Crippen LogP contribution in [0.15, 0.2) is 65.6 Å². The molecule has 1 aromatic carbocycles. The average molecular weight is 500 g/mol. The summed E-state index contributed by atoms with van der Waals surface area (Å²) in [5, 5.41) is -0.160. The van der Waals surface area contributed by atoms with Gasteiger partial charge in [-0.2, -0.15) is 13.2 Å². The zero-order chi connectivity index (χ0) is 24.7. The zero-order valence-electron chi connectivity index (χ0n) is 18.8. The molecule has 35 heavy (non-hydrogen) atoms. The number of aromatic nitrogens is 2. The predicted octanol–water partition coefficient (Wildman–Crippen LogP) is 6.76. The number of pyridine rings is 1. The second-order valence-electron chi connectivity index (χ2n) is 8.34. The summed E-state index contributed by atoms with van der Waals surface area (Å²) >= 11 is 6.44. The van der Waals surface area contributed by atoms with Crippen LogP contribution < -0.4 is 0 Å². The van der Waals surface area contributed by atoms with Crippen LogP contribution >= 0.6 is 11.6 Å². The van der Waals surface area contributed by atoms with E-state index in [1.54, 1.807) is 11.0 Å². The molecule has 0 spiro atoms. The summed E-state index contributed by atoms with van der Waals surface area (Å²) in [4.78, 5) is 18.9. The minimum atomic E-state index is -4.69. The number of nitrogens with zero attached hydrogens (tertiary/aromatic N) is 3. The Balaban J connectivity index is 1.50. The minimum absolute atomic E-state index is 0.160. The van der Waals surface area contributed by atoms with Crippen molar-refractivity contribution in [3.05, 3.63) is 88.7 Å². The number of aryl methyl sites for hydroxylation is 1. The standard InChI is InChI=1S/C26H21ClF3N3O2/c1-2-16-5-3-4-6-20(16)17-7-10-32(11-8-17)25(34)22-23(27)33-14-19(18-9-12-35-15-18)13-21(24(33)31-22)26(28,29)30/h3-7,9,12-15H,2,8,10-11H2,1H3. The molecule has 0 aliphatic carbocycles. The maximum absolute atomic E-state index is 13.9. The number of rotatable bonds is 4. The van der Waals surface area contributed by atoms with E-state index >= 15 is 0 Å². The molecule has 9 heteroatoms. The third-order valence-corrected chi connectivity index (χ3v) is 6.63. The van der Waals surface area contributed by atoms with Crippen molar-refractivity contribution < 1.29 is 22.4 Å². The Kier molecular flexibility index (Phi) is 5.92. The van der Waals surface area contributed by atoms with Crippen molar-refractivity contribution in [3.8, 4) is 11.1 Å². The summed E-state index contributed by atoms with van der Waals surface area (Å²) in [6, 6.07) is 10.7. The summed E-state index contributed by atoms with van der Waals surface area (Å²) in [5.74, 6) is -0.504. The molecule has 0 bridgehead atoms. The molecule has 5 rings (SSSR count). The molecule has 0 fully saturated rings. The topological polar surface area (TPSA) is 50.8 Å². The number of halogens is 4. The molecule has 0 saturated heterocycles. The highest BCUT2D eigenvalue weighted by molar-refractivity contribution is 6.33. The lowest BCUT2D eigenvalue weighted by molar-refractivity contribution is -0.136. The van der Waals surface area contributed by atoms with E-state index in [1.807, 2.05) is 18.2 Å². The van der Waals surface area contributed by atoms with Gasteiger partial charge in [0.15, 0.2) is 11.3 Å². The fourth-order valence-corrected chi connectivity index (χ4v) is 4.69. The molecular formula is C26H21ClF3N3O2. The lowest BCUT2D eigenvalue weighted by atomic mass is 9.94. The van der Waals surface area contributed by atoms with Crippen molar-refractivity contribution in [3.63, 3.8) is 0 Å². The first-order valence-corrected chi connectivity index (χ1v) is 11.5. The fourth-order valence-electron chi connectivity index (χ4n) is 4.44. The van der Waals surface area contributed by atoms with E-state index in [4.69, 9.17) is 16.0 Å². The normalized spacial score (nSPS) is 14.4. The lowest BCUT2D eigenvalue weighted by Crippen LogP contribution is -2.35. The molecule has 1 aliphatic rings. The smallest absolute Gasteiger partial charge is 0.420 e. The van der Waals surface area contributed by atoms with Gasteiger partial charge in [0.05, 0.1) is 18.1 Å². The molecule has 3 aromatic heterocycles. The quantitative estimate of drug-likeness (QED) is 0.312.